The molecule has 9 heteroatoms. The minimum absolute atomic E-state index is 0.275. The topological polar surface area (TPSA) is 96.2 Å². The number of pyridine rings is 1. The van der Waals surface area contributed by atoms with Gasteiger partial charge in [0, 0.05) is 23.8 Å². The molecule has 30 heavy (non-hydrogen) atoms. The number of halogens is 1. The van der Waals surface area contributed by atoms with Crippen LogP contribution in [-0.4, -0.2) is 21.2 Å². The van der Waals surface area contributed by atoms with Crippen molar-refractivity contribution in [2.45, 2.75) is 6.92 Å². The number of anilines is 5. The van der Waals surface area contributed by atoms with Crippen molar-refractivity contribution < 1.29 is 13.6 Å². The molecule has 0 radical (unpaired) electrons. The number of benzene rings is 2. The molecule has 2 amide bonds. The molecule has 150 valence electrons. The molecule has 0 aliphatic rings. The molecule has 4 aromatic rings. The molecule has 2 aromatic heterocycles. The number of nitrogens with zero attached hydrogens (tertiary/aromatic N) is 4. The Hall–Kier alpha value is -4.27. The second kappa shape index (κ2) is 8.39. The number of carbonyl (C=O) groups excluding carboxylic acids is 1. The predicted octanol–water partition coefficient (Wildman–Crippen LogP) is 5.03. The van der Waals surface area contributed by atoms with Gasteiger partial charge in [-0.05, 0) is 61.0 Å². The average Bonchev–Trinajstić information content (AvgIpc) is 3.27. The summed E-state index contributed by atoms with van der Waals surface area (Å²) in [5.74, 6) is -0.374. The SMILES string of the molecule is Cc1ccc(NC(=O)Nc2ccc(F)cc2)cc1N(c1ccncc1)c1nnco1. The van der Waals surface area contributed by atoms with Gasteiger partial charge in [-0.25, -0.2) is 9.18 Å². The van der Waals surface area contributed by atoms with E-state index in [2.05, 4.69) is 25.8 Å². The molecule has 0 aliphatic heterocycles. The first-order valence-corrected chi connectivity index (χ1v) is 9.01. The summed E-state index contributed by atoms with van der Waals surface area (Å²) in [7, 11) is 0. The Balaban J connectivity index is 1.61. The van der Waals surface area contributed by atoms with Crippen LogP contribution in [0.4, 0.5) is 37.9 Å². The van der Waals surface area contributed by atoms with Crippen LogP contribution in [0.2, 0.25) is 0 Å². The number of nitrogens with one attached hydrogen (secondary N) is 2. The van der Waals surface area contributed by atoms with Crippen LogP contribution in [0.25, 0.3) is 0 Å². The van der Waals surface area contributed by atoms with Crippen molar-refractivity contribution in [1.82, 2.24) is 15.2 Å². The Morgan fingerprint density at radius 2 is 1.70 bits per heavy atom. The van der Waals surface area contributed by atoms with E-state index in [1.807, 2.05) is 25.1 Å². The summed E-state index contributed by atoms with van der Waals surface area (Å²) < 4.78 is 18.5. The van der Waals surface area contributed by atoms with E-state index < -0.39 is 6.03 Å². The van der Waals surface area contributed by atoms with Crippen LogP contribution in [-0.2, 0) is 0 Å². The van der Waals surface area contributed by atoms with Crippen molar-refractivity contribution >= 4 is 34.8 Å². The van der Waals surface area contributed by atoms with Crippen LogP contribution >= 0.6 is 0 Å². The van der Waals surface area contributed by atoms with Gasteiger partial charge in [0.15, 0.2) is 0 Å². The Labute approximate surface area is 171 Å². The summed E-state index contributed by atoms with van der Waals surface area (Å²) in [6.45, 7) is 1.93. The normalized spacial score (nSPS) is 10.5. The quantitative estimate of drug-likeness (QED) is 0.485. The highest BCUT2D eigenvalue weighted by Gasteiger charge is 2.19. The molecule has 0 spiro atoms. The molecule has 2 heterocycles. The van der Waals surface area contributed by atoms with Gasteiger partial charge in [-0.3, -0.25) is 9.88 Å². The number of hydrogen-bond acceptors (Lipinski definition) is 6. The van der Waals surface area contributed by atoms with Gasteiger partial charge in [0.1, 0.15) is 5.82 Å². The fourth-order valence-corrected chi connectivity index (χ4v) is 2.87. The molecular weight excluding hydrogens is 387 g/mol. The summed E-state index contributed by atoms with van der Waals surface area (Å²) in [5, 5.41) is 13.2. The van der Waals surface area contributed by atoms with Crippen molar-refractivity contribution in [1.29, 1.82) is 0 Å². The molecule has 0 unspecified atom stereocenters. The van der Waals surface area contributed by atoms with Crippen LogP contribution in [0.5, 0.6) is 0 Å². The van der Waals surface area contributed by atoms with Gasteiger partial charge in [0.2, 0.25) is 6.39 Å². The number of aryl methyl sites for hydroxylation is 1. The van der Waals surface area contributed by atoms with E-state index in [1.54, 1.807) is 29.4 Å². The monoisotopic (exact) mass is 404 g/mol. The molecule has 0 bridgehead atoms. The first-order valence-electron chi connectivity index (χ1n) is 9.01. The summed E-state index contributed by atoms with van der Waals surface area (Å²) in [6, 6.07) is 14.4. The third kappa shape index (κ3) is 4.25. The van der Waals surface area contributed by atoms with Gasteiger partial charge in [-0.1, -0.05) is 11.2 Å². The fourth-order valence-electron chi connectivity index (χ4n) is 2.87. The predicted molar refractivity (Wildman–Crippen MR) is 111 cm³/mol. The highest BCUT2D eigenvalue weighted by molar-refractivity contribution is 6.00. The lowest BCUT2D eigenvalue weighted by Crippen LogP contribution is -2.20. The van der Waals surface area contributed by atoms with E-state index in [9.17, 15) is 9.18 Å². The third-order valence-corrected chi connectivity index (χ3v) is 4.27. The molecule has 2 aromatic carbocycles. The number of aromatic nitrogens is 3. The average molecular weight is 404 g/mol. The first kappa shape index (κ1) is 19.1. The van der Waals surface area contributed by atoms with Crippen LogP contribution in [0.1, 0.15) is 5.56 Å². The number of urea groups is 1. The zero-order chi connectivity index (χ0) is 20.9. The maximum atomic E-state index is 13.0. The van der Waals surface area contributed by atoms with Crippen LogP contribution in [0.3, 0.4) is 0 Å². The Bertz CT molecular complexity index is 1130. The van der Waals surface area contributed by atoms with Crippen LogP contribution in [0.15, 0.2) is 77.8 Å². The van der Waals surface area contributed by atoms with Gasteiger partial charge in [-0.15, -0.1) is 5.10 Å². The highest BCUT2D eigenvalue weighted by Crippen LogP contribution is 2.36. The zero-order valence-electron chi connectivity index (χ0n) is 15.9. The summed E-state index contributed by atoms with van der Waals surface area (Å²) >= 11 is 0. The Morgan fingerprint density at radius 1 is 1.00 bits per heavy atom. The maximum Gasteiger partial charge on any atom is 0.327 e. The van der Waals surface area contributed by atoms with Crippen molar-refractivity contribution in [3.63, 3.8) is 0 Å². The largest absolute Gasteiger partial charge is 0.410 e. The van der Waals surface area contributed by atoms with Gasteiger partial charge < -0.3 is 15.1 Å². The minimum atomic E-state index is -0.454. The van der Waals surface area contributed by atoms with E-state index in [4.69, 9.17) is 4.42 Å². The second-order valence-corrected chi connectivity index (χ2v) is 6.35. The van der Waals surface area contributed by atoms with E-state index in [-0.39, 0.29) is 11.8 Å². The molecule has 0 saturated heterocycles. The zero-order valence-corrected chi connectivity index (χ0v) is 15.9. The summed E-state index contributed by atoms with van der Waals surface area (Å²) in [4.78, 5) is 18.2. The third-order valence-electron chi connectivity index (χ3n) is 4.27. The number of rotatable bonds is 5. The van der Waals surface area contributed by atoms with E-state index in [0.717, 1.165) is 16.9 Å². The number of hydrogen-bond donors (Lipinski definition) is 2. The lowest BCUT2D eigenvalue weighted by Gasteiger charge is -2.23. The summed E-state index contributed by atoms with van der Waals surface area (Å²) in [6.07, 6.45) is 4.57. The number of amides is 2. The lowest BCUT2D eigenvalue weighted by molar-refractivity contribution is 0.262. The fraction of sp³-hybridized carbons (Fsp3) is 0.0476. The Morgan fingerprint density at radius 3 is 2.40 bits per heavy atom. The number of carbonyl (C=O) groups is 1. The first-order chi connectivity index (χ1) is 14.6. The summed E-state index contributed by atoms with van der Waals surface area (Å²) in [5.41, 5.74) is 3.46. The highest BCUT2D eigenvalue weighted by atomic mass is 19.1. The van der Waals surface area contributed by atoms with Crippen LogP contribution < -0.4 is 15.5 Å². The molecule has 0 aliphatic carbocycles. The van der Waals surface area contributed by atoms with Crippen molar-refractivity contribution in [3.8, 4) is 0 Å². The van der Waals surface area contributed by atoms with Gasteiger partial charge in [0.25, 0.3) is 0 Å². The van der Waals surface area contributed by atoms with E-state index in [1.165, 1.54) is 30.7 Å². The lowest BCUT2D eigenvalue weighted by atomic mass is 10.1. The standard InChI is InChI=1S/C21H17FN6O2/c1-14-2-5-17(26-20(29)25-16-6-3-15(22)4-7-16)12-19(14)28(21-27-24-13-30-21)18-8-10-23-11-9-18/h2-13H,1H3,(H2,25,26,29). The van der Waals surface area contributed by atoms with Gasteiger partial charge in [0.05, 0.1) is 11.4 Å². The molecule has 8 nitrogen and oxygen atoms in total. The second-order valence-electron chi connectivity index (χ2n) is 6.35. The molecular formula is C21H17FN6O2. The minimum Gasteiger partial charge on any atom is -0.410 e. The van der Waals surface area contributed by atoms with Gasteiger partial charge >= 0.3 is 12.0 Å². The molecule has 0 saturated carbocycles. The Kier molecular flexibility index (Phi) is 5.33. The van der Waals surface area contributed by atoms with Gasteiger partial charge in [-0.2, -0.15) is 0 Å². The van der Waals surface area contributed by atoms with Crippen LogP contribution in [0, 0.1) is 12.7 Å². The maximum absolute atomic E-state index is 13.0. The van der Waals surface area contributed by atoms with E-state index in [0.29, 0.717) is 11.4 Å². The van der Waals surface area contributed by atoms with Crippen molar-refractivity contribution in [3.05, 3.63) is 84.8 Å². The molecule has 0 fully saturated rings. The van der Waals surface area contributed by atoms with Crippen molar-refractivity contribution in [2.24, 2.45) is 0 Å². The van der Waals surface area contributed by atoms with Crippen molar-refractivity contribution in [2.75, 3.05) is 15.5 Å². The van der Waals surface area contributed by atoms with E-state index >= 15 is 0 Å². The molecule has 4 rings (SSSR count). The smallest absolute Gasteiger partial charge is 0.327 e. The molecule has 2 N–H and O–H groups in total. The molecule has 0 atom stereocenters.